The lowest BCUT2D eigenvalue weighted by Gasteiger charge is -2.43. The Bertz CT molecular complexity index is 3820. The summed E-state index contributed by atoms with van der Waals surface area (Å²) >= 11 is 3.02. The molecule has 15 heteroatoms. The number of carbonyl (C=O) groups excluding carboxylic acids is 4. The van der Waals surface area contributed by atoms with Crippen LogP contribution in [-0.2, 0) is 36.7 Å². The van der Waals surface area contributed by atoms with Crippen molar-refractivity contribution in [1.82, 2.24) is 29.7 Å². The number of imide groups is 2. The summed E-state index contributed by atoms with van der Waals surface area (Å²) < 4.78 is 13.3. The van der Waals surface area contributed by atoms with Gasteiger partial charge in [0.15, 0.2) is 0 Å². The molecule has 2 aliphatic heterocycles. The number of carbonyl (C=O) groups is 4. The van der Waals surface area contributed by atoms with Gasteiger partial charge in [-0.15, -0.1) is 22.7 Å². The van der Waals surface area contributed by atoms with Crippen molar-refractivity contribution in [1.29, 1.82) is 0 Å². The van der Waals surface area contributed by atoms with Crippen molar-refractivity contribution in [3.05, 3.63) is 191 Å². The molecule has 0 spiro atoms. The van der Waals surface area contributed by atoms with E-state index in [0.717, 1.165) is 58.4 Å². The molecular weight excluding hydrogens is 1000 g/mol. The predicted molar refractivity (Wildman–Crippen MR) is 310 cm³/mol. The summed E-state index contributed by atoms with van der Waals surface area (Å²) in [6.45, 7) is 8.69. The van der Waals surface area contributed by atoms with Gasteiger partial charge in [-0.3, -0.25) is 29.8 Å². The Labute approximate surface area is 449 Å². The van der Waals surface area contributed by atoms with Crippen LogP contribution in [0.1, 0.15) is 61.9 Å². The van der Waals surface area contributed by atoms with Crippen LogP contribution in [0, 0.1) is 0 Å². The first-order valence-electron chi connectivity index (χ1n) is 24.9. The SMILES string of the molecule is C.CC(C)(C)[Si](OCCCn1cc(C2=C(c3cc4ccccc4s3)C(=O)NC2=O)c2cccnc21)(c1ccccc1)c1ccccc1.O=C1NC(=O)C(c2cn(CCCO)c3ncccc23)=C1c1cc2ccccc2s1. The predicted octanol–water partition coefficient (Wildman–Crippen LogP) is 10.6. The zero-order valence-corrected chi connectivity index (χ0v) is 44.1. The monoisotopic (exact) mass is 1060 g/mol. The smallest absolute Gasteiger partial charge is 0.261 e. The highest BCUT2D eigenvalue weighted by atomic mass is 32.1. The minimum Gasteiger partial charge on any atom is -0.407 e. The number of nitrogens with one attached hydrogen (secondary N) is 2. The van der Waals surface area contributed by atoms with E-state index in [1.165, 1.54) is 33.0 Å². The molecule has 12 nitrogen and oxygen atoms in total. The van der Waals surface area contributed by atoms with Crippen LogP contribution in [0.5, 0.6) is 0 Å². The third kappa shape index (κ3) is 9.34. The van der Waals surface area contributed by atoms with E-state index in [4.69, 9.17) is 9.41 Å². The first-order valence-corrected chi connectivity index (χ1v) is 28.4. The van der Waals surface area contributed by atoms with Gasteiger partial charge in [0.25, 0.3) is 31.9 Å². The van der Waals surface area contributed by atoms with Crippen molar-refractivity contribution in [2.45, 2.75) is 59.2 Å². The molecule has 6 aromatic heterocycles. The van der Waals surface area contributed by atoms with Crippen molar-refractivity contribution < 1.29 is 28.7 Å². The maximum Gasteiger partial charge on any atom is 0.261 e. The number of nitrogens with zero attached hydrogens (tertiary/aromatic N) is 4. The lowest BCUT2D eigenvalue weighted by molar-refractivity contribution is -0.124. The number of hydrogen-bond donors (Lipinski definition) is 3. The second kappa shape index (κ2) is 21.4. The molecule has 12 rings (SSSR count). The molecular formula is C61H56N6O6S2Si. The highest BCUT2D eigenvalue weighted by molar-refractivity contribution is 7.21. The van der Waals surface area contributed by atoms with E-state index in [1.54, 1.807) is 12.4 Å². The van der Waals surface area contributed by atoms with Gasteiger partial charge in [-0.1, -0.05) is 125 Å². The summed E-state index contributed by atoms with van der Waals surface area (Å²) in [5.41, 5.74) is 4.50. The second-order valence-electron chi connectivity index (χ2n) is 19.5. The van der Waals surface area contributed by atoms with E-state index < -0.39 is 14.2 Å². The summed E-state index contributed by atoms with van der Waals surface area (Å²) in [5, 5.41) is 20.4. The van der Waals surface area contributed by atoms with Gasteiger partial charge in [0, 0.05) is 92.1 Å². The van der Waals surface area contributed by atoms with Gasteiger partial charge in [0.05, 0.1) is 22.3 Å². The average molecular weight is 1060 g/mol. The first-order chi connectivity index (χ1) is 36.4. The fraction of sp³-hybridized carbons (Fsp3) is 0.180. The van der Waals surface area contributed by atoms with Crippen LogP contribution in [0.4, 0.5) is 0 Å². The molecule has 76 heavy (non-hydrogen) atoms. The number of amides is 4. The van der Waals surface area contributed by atoms with Gasteiger partial charge >= 0.3 is 0 Å². The highest BCUT2D eigenvalue weighted by Crippen LogP contribution is 2.42. The maximum absolute atomic E-state index is 13.3. The molecule has 0 unspecified atom stereocenters. The molecule has 8 heterocycles. The van der Waals surface area contributed by atoms with Crippen molar-refractivity contribution in [3.63, 3.8) is 0 Å². The number of rotatable bonds is 14. The molecule has 0 saturated heterocycles. The molecule has 4 aromatic carbocycles. The lowest BCUT2D eigenvalue weighted by Crippen LogP contribution is -2.66. The molecule has 0 radical (unpaired) electrons. The number of thiophene rings is 2. The fourth-order valence-corrected chi connectivity index (χ4v) is 17.4. The summed E-state index contributed by atoms with van der Waals surface area (Å²) in [5.74, 6) is -1.52. The molecule has 0 atom stereocenters. The third-order valence-electron chi connectivity index (χ3n) is 13.8. The maximum atomic E-state index is 13.3. The zero-order valence-electron chi connectivity index (χ0n) is 41.5. The molecule has 0 bridgehead atoms. The number of aliphatic hydroxyl groups is 1. The Morgan fingerprint density at radius 3 is 1.41 bits per heavy atom. The summed E-state index contributed by atoms with van der Waals surface area (Å²) in [6, 6.07) is 48.7. The number of benzene rings is 4. The van der Waals surface area contributed by atoms with Gasteiger partial charge in [-0.25, -0.2) is 9.97 Å². The van der Waals surface area contributed by atoms with Crippen LogP contribution in [0.2, 0.25) is 5.04 Å². The van der Waals surface area contributed by atoms with Crippen LogP contribution in [0.25, 0.3) is 64.5 Å². The number of hydrogen-bond acceptors (Lipinski definition) is 10. The minimum absolute atomic E-state index is 0. The second-order valence-corrected chi connectivity index (χ2v) is 26.0. The van der Waals surface area contributed by atoms with E-state index in [0.29, 0.717) is 59.5 Å². The molecule has 0 aliphatic carbocycles. The molecule has 2 aliphatic rings. The Hall–Kier alpha value is -7.92. The summed E-state index contributed by atoms with van der Waals surface area (Å²) in [7, 11) is -2.66. The van der Waals surface area contributed by atoms with Gasteiger partial charge in [-0.2, -0.15) is 0 Å². The number of aliphatic hydroxyl groups excluding tert-OH is 1. The largest absolute Gasteiger partial charge is 0.407 e. The van der Waals surface area contributed by atoms with Gasteiger partial charge < -0.3 is 18.7 Å². The van der Waals surface area contributed by atoms with E-state index >= 15 is 0 Å². The highest BCUT2D eigenvalue weighted by Gasteiger charge is 2.50. The Morgan fingerprint density at radius 1 is 0.553 bits per heavy atom. The quantitative estimate of drug-likeness (QED) is 0.0552. The van der Waals surface area contributed by atoms with Crippen molar-refractivity contribution in [2.75, 3.05) is 13.2 Å². The molecule has 382 valence electrons. The number of fused-ring (bicyclic) bond motifs is 4. The summed E-state index contributed by atoms with van der Waals surface area (Å²) in [6.07, 6.45) is 8.62. The third-order valence-corrected chi connectivity index (χ3v) is 21.2. The Kier molecular flexibility index (Phi) is 14.5. The molecule has 10 aromatic rings. The normalized spacial score (nSPS) is 14.0. The van der Waals surface area contributed by atoms with Crippen LogP contribution in [0.15, 0.2) is 170 Å². The van der Waals surface area contributed by atoms with Crippen molar-refractivity contribution in [2.24, 2.45) is 0 Å². The lowest BCUT2D eigenvalue weighted by atomic mass is 10.0. The van der Waals surface area contributed by atoms with E-state index in [9.17, 15) is 24.3 Å². The average Bonchev–Trinajstić information content (AvgIpc) is 4.31. The topological polar surface area (TPSA) is 157 Å². The number of aryl methyl sites for hydroxylation is 2. The van der Waals surface area contributed by atoms with Crippen LogP contribution >= 0.6 is 22.7 Å². The minimum atomic E-state index is -2.66. The van der Waals surface area contributed by atoms with Gasteiger partial charge in [0.2, 0.25) is 0 Å². The van der Waals surface area contributed by atoms with Crippen molar-refractivity contribution in [3.8, 4) is 0 Å². The van der Waals surface area contributed by atoms with Crippen LogP contribution in [0.3, 0.4) is 0 Å². The summed E-state index contributed by atoms with van der Waals surface area (Å²) in [4.78, 5) is 62.8. The molecule has 0 fully saturated rings. The van der Waals surface area contributed by atoms with E-state index in [-0.39, 0.29) is 36.8 Å². The zero-order chi connectivity index (χ0) is 51.8. The number of aromatic nitrogens is 4. The molecule has 0 saturated carbocycles. The van der Waals surface area contributed by atoms with Crippen molar-refractivity contribution >= 4 is 130 Å². The first kappa shape index (κ1) is 51.6. The Balaban J connectivity index is 0.000000188. The van der Waals surface area contributed by atoms with Crippen LogP contribution in [-0.4, -0.2) is 69.4 Å². The van der Waals surface area contributed by atoms with E-state index in [1.807, 2.05) is 102 Å². The number of pyridine rings is 2. The van der Waals surface area contributed by atoms with Crippen LogP contribution < -0.4 is 21.0 Å². The van der Waals surface area contributed by atoms with Gasteiger partial charge in [0.1, 0.15) is 11.3 Å². The molecule has 4 amide bonds. The van der Waals surface area contributed by atoms with Gasteiger partial charge in [-0.05, 0) is 87.6 Å². The van der Waals surface area contributed by atoms with E-state index in [2.05, 4.69) is 102 Å². The Morgan fingerprint density at radius 2 is 0.974 bits per heavy atom. The molecule has 3 N–H and O–H groups in total. The fourth-order valence-electron chi connectivity index (χ4n) is 10.6. The standard InChI is InChI=1S/C38H35N3O3SSi.C22H17N3O3S.CH4/c1-38(2,3)46(27-15-6-4-7-16-27,28-17-8-5-9-18-28)44-23-13-22-41-25-30(29-19-12-21-39-35(29)41)33-34(37(43)40-36(33)42)32-24-26-14-10-11-20-31(26)45-32;26-10-4-9-25-12-15(14-6-3-8-23-20(14)25)18-19(22(28)24-21(18)27)17-11-13-5-1-2-7-16(13)29-17;/h4-12,14-21,24-25H,13,22-23H2,1-3H3,(H,40,42,43);1-3,5-8,11-12,26H,4,9-10H2,(H,24,27,28);1H4.